The average molecular weight is 502 g/mol. The van der Waals surface area contributed by atoms with E-state index in [0.29, 0.717) is 16.9 Å². The molecule has 3 rings (SSSR count). The van der Waals surface area contributed by atoms with Gasteiger partial charge in [0, 0.05) is 18.2 Å². The van der Waals surface area contributed by atoms with Crippen LogP contribution in [0.4, 0.5) is 4.39 Å². The van der Waals surface area contributed by atoms with Crippen LogP contribution < -0.4 is 13.7 Å². The monoisotopic (exact) mass is 501 g/mol. The molecule has 1 amide bonds. The topological polar surface area (TPSA) is 82.1 Å². The van der Waals surface area contributed by atoms with Crippen LogP contribution >= 0.6 is 0 Å². The number of carbonyl (C=O) groups excluding carboxylic acids is 1. The number of methoxy groups -OCH3 is 2. The van der Waals surface area contributed by atoms with Gasteiger partial charge in [0.15, 0.2) is 11.5 Å². The first-order valence-corrected chi connectivity index (χ1v) is 12.4. The molecule has 9 heteroatoms. The molecule has 0 spiro atoms. The minimum Gasteiger partial charge on any atom is -0.497 e. The maximum atomic E-state index is 13.3. The number of ether oxygens (including phenoxy) is 2. The molecule has 3 aromatic carbocycles. The van der Waals surface area contributed by atoms with Crippen LogP contribution in [0, 0.1) is 5.82 Å². The van der Waals surface area contributed by atoms with E-state index in [1.54, 1.807) is 48.4 Å². The fraction of sp³-hybridized carbons (Fsp3) is 0.269. The van der Waals surface area contributed by atoms with Crippen molar-refractivity contribution in [2.24, 2.45) is 0 Å². The highest BCUT2D eigenvalue weighted by atomic mass is 32.2. The van der Waals surface area contributed by atoms with Gasteiger partial charge in [-0.25, -0.2) is 4.39 Å². The first-order chi connectivity index (χ1) is 16.7. The van der Waals surface area contributed by atoms with Gasteiger partial charge in [-0.05, 0) is 79.6 Å². The molecule has 0 radical (unpaired) electrons. The standard InChI is InChI=1S/C26H28FNO6S/c1-5-18(2)28(26(29)20-7-11-22(32-3)12-8-20)17-19-6-15-24(33-4)25(16-19)34-35(30,31)23-13-9-21(27)10-14-23/h6-16,18H,5,17H2,1-4H3. The van der Waals surface area contributed by atoms with Gasteiger partial charge in [-0.2, -0.15) is 8.42 Å². The lowest BCUT2D eigenvalue weighted by Gasteiger charge is -2.29. The lowest BCUT2D eigenvalue weighted by molar-refractivity contribution is 0.0671. The molecule has 0 bridgehead atoms. The highest BCUT2D eigenvalue weighted by Gasteiger charge is 2.23. The summed E-state index contributed by atoms with van der Waals surface area (Å²) in [7, 11) is -1.28. The van der Waals surface area contributed by atoms with Gasteiger partial charge in [-0.1, -0.05) is 13.0 Å². The molecule has 0 aliphatic carbocycles. The summed E-state index contributed by atoms with van der Waals surface area (Å²) in [5, 5.41) is 0. The Hall–Kier alpha value is -3.59. The van der Waals surface area contributed by atoms with Gasteiger partial charge in [0.2, 0.25) is 0 Å². The van der Waals surface area contributed by atoms with E-state index >= 15 is 0 Å². The smallest absolute Gasteiger partial charge is 0.339 e. The molecule has 186 valence electrons. The van der Waals surface area contributed by atoms with Crippen LogP contribution in [0.1, 0.15) is 36.2 Å². The van der Waals surface area contributed by atoms with Crippen molar-refractivity contribution in [2.45, 2.75) is 37.8 Å². The van der Waals surface area contributed by atoms with E-state index in [1.807, 2.05) is 13.8 Å². The fourth-order valence-corrected chi connectivity index (χ4v) is 4.33. The normalized spacial score (nSPS) is 12.0. The van der Waals surface area contributed by atoms with E-state index in [-0.39, 0.29) is 34.9 Å². The van der Waals surface area contributed by atoms with Crippen LogP contribution in [0.25, 0.3) is 0 Å². The van der Waals surface area contributed by atoms with Crippen molar-refractivity contribution < 1.29 is 31.3 Å². The highest BCUT2D eigenvalue weighted by Crippen LogP contribution is 2.32. The summed E-state index contributed by atoms with van der Waals surface area (Å²) >= 11 is 0. The van der Waals surface area contributed by atoms with Crippen LogP contribution in [0.2, 0.25) is 0 Å². The molecule has 0 heterocycles. The van der Waals surface area contributed by atoms with E-state index in [4.69, 9.17) is 13.7 Å². The van der Waals surface area contributed by atoms with Crippen molar-refractivity contribution in [3.05, 3.63) is 83.7 Å². The van der Waals surface area contributed by atoms with Gasteiger partial charge in [0.25, 0.3) is 5.91 Å². The Balaban J connectivity index is 1.90. The highest BCUT2D eigenvalue weighted by molar-refractivity contribution is 7.87. The Bertz CT molecular complexity index is 1260. The molecule has 0 aromatic heterocycles. The zero-order chi connectivity index (χ0) is 25.6. The molecule has 0 aliphatic heterocycles. The largest absolute Gasteiger partial charge is 0.497 e. The van der Waals surface area contributed by atoms with Gasteiger partial charge in [0.1, 0.15) is 16.5 Å². The van der Waals surface area contributed by atoms with Crippen LogP contribution in [0.15, 0.2) is 71.6 Å². The number of carbonyl (C=O) groups is 1. The van der Waals surface area contributed by atoms with E-state index in [1.165, 1.54) is 13.2 Å². The van der Waals surface area contributed by atoms with Crippen molar-refractivity contribution in [1.82, 2.24) is 4.90 Å². The van der Waals surface area contributed by atoms with Crippen LogP contribution in [0.3, 0.4) is 0 Å². The number of halogens is 1. The summed E-state index contributed by atoms with van der Waals surface area (Å²) in [6.45, 7) is 4.15. The average Bonchev–Trinajstić information content (AvgIpc) is 2.86. The second-order valence-electron chi connectivity index (χ2n) is 7.90. The van der Waals surface area contributed by atoms with E-state index in [9.17, 15) is 17.6 Å². The fourth-order valence-electron chi connectivity index (χ4n) is 3.40. The third kappa shape index (κ3) is 6.30. The first kappa shape index (κ1) is 26.0. The Kier molecular flexibility index (Phi) is 8.34. The SMILES string of the molecule is CCC(C)N(Cc1ccc(OC)c(OS(=O)(=O)c2ccc(F)cc2)c1)C(=O)c1ccc(OC)cc1. The number of nitrogens with zero attached hydrogens (tertiary/aromatic N) is 1. The predicted octanol–water partition coefficient (Wildman–Crippen LogP) is 5.05. The Morgan fingerprint density at radius 2 is 1.60 bits per heavy atom. The van der Waals surface area contributed by atoms with Gasteiger partial charge < -0.3 is 18.6 Å². The van der Waals surface area contributed by atoms with Crippen molar-refractivity contribution >= 4 is 16.0 Å². The summed E-state index contributed by atoms with van der Waals surface area (Å²) < 4.78 is 54.5. The molecule has 0 aliphatic rings. The zero-order valence-electron chi connectivity index (χ0n) is 20.0. The minimum absolute atomic E-state index is 0.0321. The molecule has 3 aromatic rings. The summed E-state index contributed by atoms with van der Waals surface area (Å²) in [5.74, 6) is 0.0942. The number of hydrogen-bond acceptors (Lipinski definition) is 6. The molecular formula is C26H28FNO6S. The molecule has 1 unspecified atom stereocenters. The number of rotatable bonds is 10. The van der Waals surface area contributed by atoms with E-state index in [0.717, 1.165) is 30.7 Å². The van der Waals surface area contributed by atoms with Gasteiger partial charge in [0.05, 0.1) is 14.2 Å². The molecule has 0 fully saturated rings. The maximum absolute atomic E-state index is 13.3. The maximum Gasteiger partial charge on any atom is 0.339 e. The number of benzene rings is 3. The van der Waals surface area contributed by atoms with Crippen LogP contribution in [0.5, 0.6) is 17.2 Å². The molecule has 0 saturated carbocycles. The third-order valence-corrected chi connectivity index (χ3v) is 6.85. The Morgan fingerprint density at radius 3 is 2.17 bits per heavy atom. The molecule has 0 saturated heterocycles. The minimum atomic E-state index is -4.23. The molecular weight excluding hydrogens is 473 g/mol. The predicted molar refractivity (Wildman–Crippen MR) is 130 cm³/mol. The van der Waals surface area contributed by atoms with Gasteiger partial charge in [-0.3, -0.25) is 4.79 Å². The van der Waals surface area contributed by atoms with Crippen LogP contribution in [-0.2, 0) is 16.7 Å². The van der Waals surface area contributed by atoms with Crippen LogP contribution in [-0.4, -0.2) is 39.5 Å². The molecule has 7 nitrogen and oxygen atoms in total. The molecule has 35 heavy (non-hydrogen) atoms. The summed E-state index contributed by atoms with van der Waals surface area (Å²) in [6, 6.07) is 15.9. The lowest BCUT2D eigenvalue weighted by Crippen LogP contribution is -2.37. The van der Waals surface area contributed by atoms with Gasteiger partial charge in [-0.15, -0.1) is 0 Å². The van der Waals surface area contributed by atoms with Crippen molar-refractivity contribution in [1.29, 1.82) is 0 Å². The second-order valence-corrected chi connectivity index (χ2v) is 9.44. The van der Waals surface area contributed by atoms with Crippen molar-refractivity contribution in [3.63, 3.8) is 0 Å². The number of amides is 1. The second kappa shape index (κ2) is 11.2. The van der Waals surface area contributed by atoms with E-state index < -0.39 is 15.9 Å². The van der Waals surface area contributed by atoms with Gasteiger partial charge >= 0.3 is 10.1 Å². The van der Waals surface area contributed by atoms with Crippen molar-refractivity contribution in [3.8, 4) is 17.2 Å². The lowest BCUT2D eigenvalue weighted by atomic mass is 10.1. The third-order valence-electron chi connectivity index (χ3n) is 5.60. The Morgan fingerprint density at radius 1 is 0.943 bits per heavy atom. The van der Waals surface area contributed by atoms with E-state index in [2.05, 4.69) is 0 Å². The summed E-state index contributed by atoms with van der Waals surface area (Å²) in [5.41, 5.74) is 1.16. The van der Waals surface area contributed by atoms with Crippen molar-refractivity contribution in [2.75, 3.05) is 14.2 Å². The Labute approximate surface area is 205 Å². The molecule has 1 atom stereocenters. The number of hydrogen-bond donors (Lipinski definition) is 0. The summed E-state index contributed by atoms with van der Waals surface area (Å²) in [4.78, 5) is 14.8. The summed E-state index contributed by atoms with van der Waals surface area (Å²) in [6.07, 6.45) is 0.723. The molecule has 0 N–H and O–H groups in total. The first-order valence-electron chi connectivity index (χ1n) is 11.0. The zero-order valence-corrected chi connectivity index (χ0v) is 20.8. The quantitative estimate of drug-likeness (QED) is 0.362.